The molecular weight excluding hydrogens is 210 g/mol. The van der Waals surface area contributed by atoms with Crippen molar-refractivity contribution in [3.05, 3.63) is 35.9 Å². The summed E-state index contributed by atoms with van der Waals surface area (Å²) >= 11 is 0. The lowest BCUT2D eigenvalue weighted by Gasteiger charge is -2.09. The van der Waals surface area contributed by atoms with E-state index in [4.69, 9.17) is 10.5 Å². The fourth-order valence-corrected chi connectivity index (χ4v) is 1.04. The average Bonchev–Trinajstić information content (AvgIpc) is 2.35. The molecule has 0 radical (unpaired) electrons. The predicted molar refractivity (Wildman–Crippen MR) is 56.7 cm³/mol. The van der Waals surface area contributed by atoms with Crippen LogP contribution in [0.2, 0.25) is 0 Å². The number of carbonyl (C=O) groups excluding carboxylic acids is 2. The molecule has 1 rings (SSSR count). The molecule has 0 amide bonds. The lowest BCUT2D eigenvalue weighted by molar-refractivity contribution is -0.143. The fourth-order valence-electron chi connectivity index (χ4n) is 1.04. The zero-order valence-corrected chi connectivity index (χ0v) is 8.88. The minimum atomic E-state index is -0.947. The SMILES string of the molecule is COC(=O)[C@H](N)COC(=O)c1ccccc1. The second-order valence-corrected chi connectivity index (χ2v) is 3.09. The molecule has 1 aromatic carbocycles. The predicted octanol–water partition coefficient (Wildman–Crippen LogP) is 0.344. The molecule has 0 unspecified atom stereocenters. The fraction of sp³-hybridized carbons (Fsp3) is 0.273. The van der Waals surface area contributed by atoms with Crippen molar-refractivity contribution in [2.45, 2.75) is 6.04 Å². The largest absolute Gasteiger partial charge is 0.468 e. The van der Waals surface area contributed by atoms with Gasteiger partial charge in [-0.15, -0.1) is 0 Å². The lowest BCUT2D eigenvalue weighted by Crippen LogP contribution is -2.36. The Morgan fingerprint density at radius 1 is 1.31 bits per heavy atom. The van der Waals surface area contributed by atoms with E-state index in [0.29, 0.717) is 5.56 Å². The summed E-state index contributed by atoms with van der Waals surface area (Å²) in [6, 6.07) is 7.51. The second kappa shape index (κ2) is 5.87. The topological polar surface area (TPSA) is 78.6 Å². The van der Waals surface area contributed by atoms with E-state index in [0.717, 1.165) is 0 Å². The van der Waals surface area contributed by atoms with E-state index in [9.17, 15) is 9.59 Å². The van der Waals surface area contributed by atoms with Crippen molar-refractivity contribution in [1.29, 1.82) is 0 Å². The van der Waals surface area contributed by atoms with Gasteiger partial charge in [-0.3, -0.25) is 4.79 Å². The molecule has 0 aromatic heterocycles. The van der Waals surface area contributed by atoms with Crippen LogP contribution in [0.5, 0.6) is 0 Å². The number of carbonyl (C=O) groups is 2. The van der Waals surface area contributed by atoms with Gasteiger partial charge < -0.3 is 15.2 Å². The molecule has 0 aliphatic carbocycles. The quantitative estimate of drug-likeness (QED) is 0.745. The average molecular weight is 223 g/mol. The van der Waals surface area contributed by atoms with Crippen LogP contribution in [0, 0.1) is 0 Å². The number of methoxy groups -OCH3 is 1. The Morgan fingerprint density at radius 3 is 2.50 bits per heavy atom. The first kappa shape index (κ1) is 12.2. The smallest absolute Gasteiger partial charge is 0.338 e. The minimum Gasteiger partial charge on any atom is -0.468 e. The van der Waals surface area contributed by atoms with Crippen molar-refractivity contribution in [2.75, 3.05) is 13.7 Å². The molecular formula is C11H13NO4. The summed E-state index contributed by atoms with van der Waals surface area (Å²) in [4.78, 5) is 22.4. The van der Waals surface area contributed by atoms with Crippen LogP contribution >= 0.6 is 0 Å². The number of esters is 2. The highest BCUT2D eigenvalue weighted by atomic mass is 16.5. The molecule has 1 atom stereocenters. The molecule has 0 fully saturated rings. The molecule has 0 spiro atoms. The third-order valence-corrected chi connectivity index (χ3v) is 1.91. The maximum absolute atomic E-state index is 11.4. The van der Waals surface area contributed by atoms with E-state index in [1.807, 2.05) is 0 Å². The van der Waals surface area contributed by atoms with Crippen LogP contribution in [0.3, 0.4) is 0 Å². The van der Waals surface area contributed by atoms with Gasteiger partial charge in [0.25, 0.3) is 0 Å². The Morgan fingerprint density at radius 2 is 1.94 bits per heavy atom. The van der Waals surface area contributed by atoms with Gasteiger partial charge in [0, 0.05) is 0 Å². The normalized spacial score (nSPS) is 11.6. The zero-order chi connectivity index (χ0) is 12.0. The Hall–Kier alpha value is -1.88. The molecule has 0 saturated heterocycles. The van der Waals surface area contributed by atoms with E-state index >= 15 is 0 Å². The first-order chi connectivity index (χ1) is 7.65. The van der Waals surface area contributed by atoms with Crippen molar-refractivity contribution >= 4 is 11.9 Å². The minimum absolute atomic E-state index is 0.194. The zero-order valence-electron chi connectivity index (χ0n) is 8.88. The number of nitrogens with two attached hydrogens (primary N) is 1. The molecule has 2 N–H and O–H groups in total. The Labute approximate surface area is 93.1 Å². The van der Waals surface area contributed by atoms with Gasteiger partial charge in [-0.25, -0.2) is 4.79 Å². The number of hydrogen-bond donors (Lipinski definition) is 1. The summed E-state index contributed by atoms with van der Waals surface area (Å²) in [6.07, 6.45) is 0. The second-order valence-electron chi connectivity index (χ2n) is 3.09. The first-order valence-corrected chi connectivity index (χ1v) is 4.70. The third kappa shape index (κ3) is 3.36. The highest BCUT2D eigenvalue weighted by Gasteiger charge is 2.16. The summed E-state index contributed by atoms with van der Waals surface area (Å²) in [6.45, 7) is -0.194. The van der Waals surface area contributed by atoms with Gasteiger partial charge in [0.2, 0.25) is 0 Å². The van der Waals surface area contributed by atoms with Crippen molar-refractivity contribution in [2.24, 2.45) is 5.73 Å². The summed E-state index contributed by atoms with van der Waals surface area (Å²) in [5.74, 6) is -1.12. The van der Waals surface area contributed by atoms with E-state index in [1.165, 1.54) is 7.11 Å². The van der Waals surface area contributed by atoms with Crippen LogP contribution in [-0.2, 0) is 14.3 Å². The van der Waals surface area contributed by atoms with E-state index < -0.39 is 18.0 Å². The maximum atomic E-state index is 11.4. The third-order valence-electron chi connectivity index (χ3n) is 1.91. The van der Waals surface area contributed by atoms with Gasteiger partial charge in [-0.1, -0.05) is 18.2 Å². The van der Waals surface area contributed by atoms with E-state index in [1.54, 1.807) is 30.3 Å². The molecule has 0 heterocycles. The van der Waals surface area contributed by atoms with Crippen molar-refractivity contribution in [1.82, 2.24) is 0 Å². The number of rotatable bonds is 4. The summed E-state index contributed by atoms with van der Waals surface area (Å²) in [5, 5.41) is 0. The van der Waals surface area contributed by atoms with Gasteiger partial charge in [-0.05, 0) is 12.1 Å². The Balaban J connectivity index is 2.45. The molecule has 0 aliphatic rings. The molecule has 0 saturated carbocycles. The summed E-state index contributed by atoms with van der Waals surface area (Å²) in [5.41, 5.74) is 5.82. The molecule has 1 aromatic rings. The number of benzene rings is 1. The highest BCUT2D eigenvalue weighted by Crippen LogP contribution is 2.01. The summed E-state index contributed by atoms with van der Waals surface area (Å²) in [7, 11) is 1.22. The van der Waals surface area contributed by atoms with Crippen LogP contribution < -0.4 is 5.73 Å². The van der Waals surface area contributed by atoms with Crippen molar-refractivity contribution in [3.63, 3.8) is 0 Å². The van der Waals surface area contributed by atoms with E-state index in [2.05, 4.69) is 4.74 Å². The van der Waals surface area contributed by atoms with Crippen LogP contribution in [0.1, 0.15) is 10.4 Å². The van der Waals surface area contributed by atoms with Crippen molar-refractivity contribution < 1.29 is 19.1 Å². The standard InChI is InChI=1S/C11H13NO4/c1-15-11(14)9(12)7-16-10(13)8-5-3-2-4-6-8/h2-6,9H,7,12H2,1H3/t9-/m1/s1. The Kier molecular flexibility index (Phi) is 4.47. The molecule has 16 heavy (non-hydrogen) atoms. The van der Waals surface area contributed by atoms with E-state index in [-0.39, 0.29) is 6.61 Å². The molecule has 5 heteroatoms. The molecule has 0 bridgehead atoms. The van der Waals surface area contributed by atoms with Gasteiger partial charge in [0.05, 0.1) is 12.7 Å². The Bertz CT molecular complexity index is 364. The lowest BCUT2D eigenvalue weighted by atomic mass is 10.2. The highest BCUT2D eigenvalue weighted by molar-refractivity contribution is 5.89. The van der Waals surface area contributed by atoms with Crippen molar-refractivity contribution in [3.8, 4) is 0 Å². The maximum Gasteiger partial charge on any atom is 0.338 e. The van der Waals surface area contributed by atoms with Crippen LogP contribution in [0.25, 0.3) is 0 Å². The molecule has 5 nitrogen and oxygen atoms in total. The summed E-state index contributed by atoms with van der Waals surface area (Å²) < 4.78 is 9.24. The van der Waals surface area contributed by atoms with Gasteiger partial charge in [-0.2, -0.15) is 0 Å². The van der Waals surface area contributed by atoms with Gasteiger partial charge >= 0.3 is 11.9 Å². The first-order valence-electron chi connectivity index (χ1n) is 4.70. The molecule has 0 aliphatic heterocycles. The van der Waals surface area contributed by atoms with Crippen LogP contribution in [0.15, 0.2) is 30.3 Å². The number of ether oxygens (including phenoxy) is 2. The number of hydrogen-bond acceptors (Lipinski definition) is 5. The van der Waals surface area contributed by atoms with Crippen LogP contribution in [0.4, 0.5) is 0 Å². The van der Waals surface area contributed by atoms with Crippen LogP contribution in [-0.4, -0.2) is 31.7 Å². The monoisotopic (exact) mass is 223 g/mol. The van der Waals surface area contributed by atoms with Gasteiger partial charge in [0.15, 0.2) is 0 Å². The molecule has 86 valence electrons. The van der Waals surface area contributed by atoms with Gasteiger partial charge in [0.1, 0.15) is 12.6 Å².